The Morgan fingerprint density at radius 2 is 1.83 bits per heavy atom. The molecule has 0 bridgehead atoms. The van der Waals surface area contributed by atoms with Crippen molar-refractivity contribution in [3.8, 4) is 11.5 Å². The zero-order valence-corrected chi connectivity index (χ0v) is 14.1. The van der Waals surface area contributed by atoms with E-state index in [1.54, 1.807) is 45.2 Å². The van der Waals surface area contributed by atoms with Crippen molar-refractivity contribution in [1.29, 1.82) is 0 Å². The molecule has 2 amide bonds. The summed E-state index contributed by atoms with van der Waals surface area (Å²) in [6.45, 7) is 3.43. The third kappa shape index (κ3) is 4.07. The standard InChI is InChI=1S/C17H20N2O5/c1-10-7-14(11(2)24-10)17(21)19-18-16(20)8-12-5-6-13(22-3)9-15(12)23-4/h5-7,9H,8H2,1-4H3,(H,18,20)(H,19,21). The highest BCUT2D eigenvalue weighted by Crippen LogP contribution is 2.24. The van der Waals surface area contributed by atoms with E-state index in [1.165, 1.54) is 7.11 Å². The maximum atomic E-state index is 12.0. The van der Waals surface area contributed by atoms with Crippen molar-refractivity contribution in [3.63, 3.8) is 0 Å². The number of nitrogens with one attached hydrogen (secondary N) is 2. The molecule has 0 aliphatic heterocycles. The van der Waals surface area contributed by atoms with Gasteiger partial charge in [-0.1, -0.05) is 6.07 Å². The number of methoxy groups -OCH3 is 2. The molecule has 128 valence electrons. The molecule has 1 heterocycles. The normalized spacial score (nSPS) is 10.2. The van der Waals surface area contributed by atoms with Gasteiger partial charge in [-0.2, -0.15) is 0 Å². The highest BCUT2D eigenvalue weighted by Gasteiger charge is 2.15. The van der Waals surface area contributed by atoms with Gasteiger partial charge in [0.25, 0.3) is 5.91 Å². The van der Waals surface area contributed by atoms with E-state index < -0.39 is 5.91 Å². The van der Waals surface area contributed by atoms with Gasteiger partial charge in [-0.25, -0.2) is 0 Å². The third-order valence-corrected chi connectivity index (χ3v) is 3.45. The van der Waals surface area contributed by atoms with Gasteiger partial charge in [-0.05, 0) is 26.0 Å². The Labute approximate surface area is 139 Å². The van der Waals surface area contributed by atoms with Crippen LogP contribution in [0.5, 0.6) is 11.5 Å². The molecule has 1 aromatic carbocycles. The van der Waals surface area contributed by atoms with Gasteiger partial charge in [-0.15, -0.1) is 0 Å². The van der Waals surface area contributed by atoms with Crippen molar-refractivity contribution in [3.05, 3.63) is 46.9 Å². The fourth-order valence-corrected chi connectivity index (χ4v) is 2.27. The summed E-state index contributed by atoms with van der Waals surface area (Å²) >= 11 is 0. The lowest BCUT2D eigenvalue weighted by molar-refractivity contribution is -0.121. The fourth-order valence-electron chi connectivity index (χ4n) is 2.27. The van der Waals surface area contributed by atoms with E-state index in [9.17, 15) is 9.59 Å². The second-order valence-electron chi connectivity index (χ2n) is 5.18. The molecular formula is C17H20N2O5. The molecule has 2 N–H and O–H groups in total. The van der Waals surface area contributed by atoms with Crippen LogP contribution in [0.25, 0.3) is 0 Å². The van der Waals surface area contributed by atoms with Gasteiger partial charge in [0.05, 0.1) is 26.2 Å². The highest BCUT2D eigenvalue weighted by atomic mass is 16.5. The largest absolute Gasteiger partial charge is 0.497 e. The van der Waals surface area contributed by atoms with Crippen LogP contribution in [0.15, 0.2) is 28.7 Å². The molecule has 0 aliphatic carbocycles. The summed E-state index contributed by atoms with van der Waals surface area (Å²) in [6, 6.07) is 6.78. The summed E-state index contributed by atoms with van der Waals surface area (Å²) in [5.74, 6) is 1.50. The van der Waals surface area contributed by atoms with E-state index in [0.29, 0.717) is 34.1 Å². The molecule has 0 atom stereocenters. The summed E-state index contributed by atoms with van der Waals surface area (Å²) in [5.41, 5.74) is 5.81. The van der Waals surface area contributed by atoms with Crippen LogP contribution in [-0.4, -0.2) is 26.0 Å². The fraction of sp³-hybridized carbons (Fsp3) is 0.294. The number of aryl methyl sites for hydroxylation is 2. The molecule has 0 radical (unpaired) electrons. The number of amides is 2. The number of carbonyl (C=O) groups is 2. The van der Waals surface area contributed by atoms with Crippen molar-refractivity contribution >= 4 is 11.8 Å². The Balaban J connectivity index is 1.96. The zero-order chi connectivity index (χ0) is 17.7. The van der Waals surface area contributed by atoms with Gasteiger partial charge < -0.3 is 13.9 Å². The van der Waals surface area contributed by atoms with Gasteiger partial charge in [0, 0.05) is 11.6 Å². The molecule has 7 heteroatoms. The van der Waals surface area contributed by atoms with Gasteiger partial charge >= 0.3 is 0 Å². The lowest BCUT2D eigenvalue weighted by atomic mass is 10.1. The lowest BCUT2D eigenvalue weighted by Crippen LogP contribution is -2.42. The number of furan rings is 1. The minimum atomic E-state index is -0.431. The zero-order valence-electron chi connectivity index (χ0n) is 14.1. The molecule has 0 saturated carbocycles. The first-order valence-electron chi connectivity index (χ1n) is 7.31. The second-order valence-corrected chi connectivity index (χ2v) is 5.18. The summed E-state index contributed by atoms with van der Waals surface area (Å²) in [5, 5.41) is 0. The van der Waals surface area contributed by atoms with Crippen LogP contribution in [0.3, 0.4) is 0 Å². The summed E-state index contributed by atoms with van der Waals surface area (Å²) in [7, 11) is 3.07. The lowest BCUT2D eigenvalue weighted by Gasteiger charge is -2.11. The average molecular weight is 332 g/mol. The number of benzene rings is 1. The van der Waals surface area contributed by atoms with Crippen LogP contribution < -0.4 is 20.3 Å². The summed E-state index contributed by atoms with van der Waals surface area (Å²) < 4.78 is 15.6. The van der Waals surface area contributed by atoms with Gasteiger partial charge in [0.1, 0.15) is 23.0 Å². The SMILES string of the molecule is COc1ccc(CC(=O)NNC(=O)c2cc(C)oc2C)c(OC)c1. The Bertz CT molecular complexity index is 751. The van der Waals surface area contributed by atoms with Crippen molar-refractivity contribution in [1.82, 2.24) is 10.9 Å². The Hall–Kier alpha value is -2.96. The summed E-state index contributed by atoms with van der Waals surface area (Å²) in [4.78, 5) is 24.0. The molecule has 7 nitrogen and oxygen atoms in total. The molecule has 0 unspecified atom stereocenters. The number of hydrogen-bond donors (Lipinski definition) is 2. The maximum absolute atomic E-state index is 12.0. The number of rotatable bonds is 5. The minimum absolute atomic E-state index is 0.0524. The minimum Gasteiger partial charge on any atom is -0.497 e. The molecular weight excluding hydrogens is 312 g/mol. The first kappa shape index (κ1) is 17.4. The van der Waals surface area contributed by atoms with Crippen LogP contribution in [-0.2, 0) is 11.2 Å². The van der Waals surface area contributed by atoms with Gasteiger partial charge in [-0.3, -0.25) is 20.4 Å². The molecule has 0 fully saturated rings. The first-order chi connectivity index (χ1) is 11.4. The molecule has 1 aromatic heterocycles. The van der Waals surface area contributed by atoms with Crippen LogP contribution in [0.1, 0.15) is 27.4 Å². The quantitative estimate of drug-likeness (QED) is 0.817. The number of hydrazine groups is 1. The Morgan fingerprint density at radius 1 is 1.08 bits per heavy atom. The van der Waals surface area contributed by atoms with E-state index in [-0.39, 0.29) is 12.3 Å². The van der Waals surface area contributed by atoms with E-state index >= 15 is 0 Å². The third-order valence-electron chi connectivity index (χ3n) is 3.45. The molecule has 2 rings (SSSR count). The van der Waals surface area contributed by atoms with E-state index in [2.05, 4.69) is 10.9 Å². The number of carbonyl (C=O) groups excluding carboxylic acids is 2. The molecule has 2 aromatic rings. The second kappa shape index (κ2) is 7.54. The van der Waals surface area contributed by atoms with Crippen LogP contribution in [0.4, 0.5) is 0 Å². The molecule has 0 spiro atoms. The maximum Gasteiger partial charge on any atom is 0.273 e. The molecule has 0 aliphatic rings. The summed E-state index contributed by atoms with van der Waals surface area (Å²) in [6.07, 6.45) is 0.0524. The van der Waals surface area contributed by atoms with Crippen LogP contribution >= 0.6 is 0 Å². The van der Waals surface area contributed by atoms with Crippen molar-refractivity contribution in [2.24, 2.45) is 0 Å². The smallest absolute Gasteiger partial charge is 0.273 e. The number of ether oxygens (including phenoxy) is 2. The highest BCUT2D eigenvalue weighted by molar-refractivity contribution is 5.96. The monoisotopic (exact) mass is 332 g/mol. The van der Waals surface area contributed by atoms with Crippen LogP contribution in [0, 0.1) is 13.8 Å². The van der Waals surface area contributed by atoms with Crippen LogP contribution in [0.2, 0.25) is 0 Å². The Morgan fingerprint density at radius 3 is 2.42 bits per heavy atom. The molecule has 24 heavy (non-hydrogen) atoms. The van der Waals surface area contributed by atoms with Crippen molar-refractivity contribution < 1.29 is 23.5 Å². The van der Waals surface area contributed by atoms with Gasteiger partial charge in [0.2, 0.25) is 5.91 Å². The van der Waals surface area contributed by atoms with Gasteiger partial charge in [0.15, 0.2) is 0 Å². The van der Waals surface area contributed by atoms with E-state index in [1.807, 2.05) is 0 Å². The average Bonchev–Trinajstić information content (AvgIpc) is 2.91. The van der Waals surface area contributed by atoms with Crippen molar-refractivity contribution in [2.45, 2.75) is 20.3 Å². The first-order valence-corrected chi connectivity index (χ1v) is 7.31. The molecule has 0 saturated heterocycles. The van der Waals surface area contributed by atoms with Crippen molar-refractivity contribution in [2.75, 3.05) is 14.2 Å². The topological polar surface area (TPSA) is 89.8 Å². The van der Waals surface area contributed by atoms with E-state index in [4.69, 9.17) is 13.9 Å². The van der Waals surface area contributed by atoms with E-state index in [0.717, 1.165) is 0 Å². The predicted molar refractivity (Wildman–Crippen MR) is 87.0 cm³/mol. The Kier molecular flexibility index (Phi) is 5.47. The predicted octanol–water partition coefficient (Wildman–Crippen LogP) is 1.92. The number of hydrogen-bond acceptors (Lipinski definition) is 5.